The second-order valence-electron chi connectivity index (χ2n) is 3.91. The first-order chi connectivity index (χ1) is 9.10. The Bertz CT molecular complexity index is 581. The predicted molar refractivity (Wildman–Crippen MR) is 84.4 cm³/mol. The molecule has 0 atom stereocenters. The van der Waals surface area contributed by atoms with Crippen molar-refractivity contribution in [3.05, 3.63) is 50.1 Å². The highest BCUT2D eigenvalue weighted by Crippen LogP contribution is 2.29. The summed E-state index contributed by atoms with van der Waals surface area (Å²) in [5.41, 5.74) is 3.34. The quantitative estimate of drug-likeness (QED) is 0.380. The third-order valence-electron chi connectivity index (χ3n) is 2.58. The maximum atomic E-state index is 11.5. The largest absolute Gasteiger partial charge is 0.289 e. The minimum atomic E-state index is -0.229. The van der Waals surface area contributed by atoms with Crippen molar-refractivity contribution in [3.63, 3.8) is 0 Å². The van der Waals surface area contributed by atoms with Gasteiger partial charge in [0.1, 0.15) is 0 Å². The summed E-state index contributed by atoms with van der Waals surface area (Å²) in [4.78, 5) is 14.5. The van der Waals surface area contributed by atoms with Crippen LogP contribution in [0.5, 0.6) is 0 Å². The maximum Gasteiger partial charge on any atom is 0.275 e. The van der Waals surface area contributed by atoms with Gasteiger partial charge in [-0.3, -0.25) is 10.2 Å². The highest BCUT2D eigenvalue weighted by atomic mass is 79.9. The van der Waals surface area contributed by atoms with Crippen LogP contribution in [0.2, 0.25) is 0 Å². The number of thiophene rings is 1. The number of hydrogen-bond acceptors (Lipinski definition) is 4. The molecule has 1 heterocycles. The first kappa shape index (κ1) is 14.6. The lowest BCUT2D eigenvalue weighted by molar-refractivity contribution is 0.0957. The molecule has 0 aliphatic carbocycles. The third kappa shape index (κ3) is 3.82. The molecule has 3 N–H and O–H groups in total. The Hall–Kier alpha value is -0.820. The number of carbonyl (C=O) groups excluding carboxylic acids is 1. The molecule has 1 aromatic carbocycles. The van der Waals surface area contributed by atoms with Crippen LogP contribution in [0, 0.1) is 6.92 Å². The lowest BCUT2D eigenvalue weighted by Crippen LogP contribution is -2.29. The first-order valence-corrected chi connectivity index (χ1v) is 8.18. The molecule has 6 heteroatoms. The summed E-state index contributed by atoms with van der Waals surface area (Å²) in [5.74, 6) is 5.76. The van der Waals surface area contributed by atoms with Crippen LogP contribution in [0.3, 0.4) is 0 Å². The summed E-state index contributed by atoms with van der Waals surface area (Å²) in [6.45, 7) is 2.02. The zero-order valence-electron chi connectivity index (χ0n) is 10.3. The van der Waals surface area contributed by atoms with Gasteiger partial charge in [0, 0.05) is 20.0 Å². The van der Waals surface area contributed by atoms with Crippen molar-refractivity contribution in [3.8, 4) is 0 Å². The van der Waals surface area contributed by atoms with Crippen LogP contribution in [0.4, 0.5) is 0 Å². The number of hydrazine groups is 1. The molecule has 0 fully saturated rings. The number of amides is 1. The fourth-order valence-corrected chi connectivity index (χ4v) is 3.79. The summed E-state index contributed by atoms with van der Waals surface area (Å²) >= 11 is 6.64. The molecule has 0 saturated heterocycles. The monoisotopic (exact) mass is 356 g/mol. The SMILES string of the molecule is Cc1sc(C(=O)NN)cc1CSc1ccc(Br)cc1. The number of rotatable bonds is 4. The smallest absolute Gasteiger partial charge is 0.275 e. The van der Waals surface area contributed by atoms with E-state index in [0.717, 1.165) is 15.1 Å². The molecule has 1 aromatic heterocycles. The van der Waals surface area contributed by atoms with E-state index in [9.17, 15) is 4.79 Å². The normalized spacial score (nSPS) is 10.5. The first-order valence-electron chi connectivity index (χ1n) is 5.59. The lowest BCUT2D eigenvalue weighted by Gasteiger charge is -2.01. The highest BCUT2D eigenvalue weighted by Gasteiger charge is 2.11. The van der Waals surface area contributed by atoms with Gasteiger partial charge in [0.15, 0.2) is 0 Å². The van der Waals surface area contributed by atoms with E-state index >= 15 is 0 Å². The maximum absolute atomic E-state index is 11.5. The summed E-state index contributed by atoms with van der Waals surface area (Å²) in [5, 5.41) is 0. The van der Waals surface area contributed by atoms with Gasteiger partial charge in [-0.25, -0.2) is 5.84 Å². The molecule has 0 aliphatic heterocycles. The van der Waals surface area contributed by atoms with Gasteiger partial charge in [-0.2, -0.15) is 0 Å². The summed E-state index contributed by atoms with van der Waals surface area (Å²) < 4.78 is 1.07. The van der Waals surface area contributed by atoms with Gasteiger partial charge in [-0.1, -0.05) is 15.9 Å². The van der Waals surface area contributed by atoms with Crippen LogP contribution < -0.4 is 11.3 Å². The fourth-order valence-electron chi connectivity index (χ4n) is 1.54. The van der Waals surface area contributed by atoms with Gasteiger partial charge in [0.2, 0.25) is 0 Å². The number of benzene rings is 1. The van der Waals surface area contributed by atoms with Gasteiger partial charge < -0.3 is 0 Å². The molecule has 0 aliphatic rings. The molecule has 2 aromatic rings. The standard InChI is InChI=1S/C13H13BrN2OS2/c1-8-9(6-12(19-8)13(17)16-15)7-18-11-4-2-10(14)3-5-11/h2-6H,7,15H2,1H3,(H,16,17). The van der Waals surface area contributed by atoms with Crippen molar-refractivity contribution in [2.24, 2.45) is 5.84 Å². The van der Waals surface area contributed by atoms with E-state index in [2.05, 4.69) is 33.5 Å². The van der Waals surface area contributed by atoms with Gasteiger partial charge >= 0.3 is 0 Å². The molecule has 0 spiro atoms. The lowest BCUT2D eigenvalue weighted by atomic mass is 10.3. The molecular weight excluding hydrogens is 344 g/mol. The average Bonchev–Trinajstić information content (AvgIpc) is 2.79. The predicted octanol–water partition coefficient (Wildman–Crippen LogP) is 3.71. The Labute approximate surface area is 128 Å². The summed E-state index contributed by atoms with van der Waals surface area (Å²) in [7, 11) is 0. The topological polar surface area (TPSA) is 55.1 Å². The molecule has 19 heavy (non-hydrogen) atoms. The average molecular weight is 357 g/mol. The number of aryl methyl sites for hydroxylation is 1. The number of hydrogen-bond donors (Lipinski definition) is 2. The summed E-state index contributed by atoms with van der Waals surface area (Å²) in [6, 6.07) is 10.1. The number of thioether (sulfide) groups is 1. The molecule has 3 nitrogen and oxygen atoms in total. The minimum Gasteiger partial charge on any atom is -0.289 e. The Morgan fingerprint density at radius 3 is 2.74 bits per heavy atom. The second kappa shape index (κ2) is 6.56. The Kier molecular flexibility index (Phi) is 5.04. The van der Waals surface area contributed by atoms with Gasteiger partial charge in [-0.15, -0.1) is 23.1 Å². The molecule has 1 amide bonds. The number of nitrogen functional groups attached to an aromatic ring is 1. The van der Waals surface area contributed by atoms with Gasteiger partial charge in [0.25, 0.3) is 5.91 Å². The number of halogens is 1. The van der Waals surface area contributed by atoms with Gasteiger partial charge in [-0.05, 0) is 42.8 Å². The van der Waals surface area contributed by atoms with E-state index in [1.54, 1.807) is 11.8 Å². The fraction of sp³-hybridized carbons (Fsp3) is 0.154. The van der Waals surface area contributed by atoms with Crippen LogP contribution in [-0.2, 0) is 5.75 Å². The zero-order valence-corrected chi connectivity index (χ0v) is 13.5. The molecule has 0 bridgehead atoms. The molecule has 0 unspecified atom stereocenters. The molecule has 2 rings (SSSR count). The van der Waals surface area contributed by atoms with E-state index in [4.69, 9.17) is 5.84 Å². The minimum absolute atomic E-state index is 0.229. The van der Waals surface area contributed by atoms with Crippen molar-refractivity contribution < 1.29 is 4.79 Å². The number of nitrogens with one attached hydrogen (secondary N) is 1. The van der Waals surface area contributed by atoms with Crippen LogP contribution in [-0.4, -0.2) is 5.91 Å². The van der Waals surface area contributed by atoms with Crippen molar-refractivity contribution in [2.45, 2.75) is 17.6 Å². The van der Waals surface area contributed by atoms with E-state index in [-0.39, 0.29) is 5.91 Å². The van der Waals surface area contributed by atoms with Crippen molar-refractivity contribution in [2.75, 3.05) is 0 Å². The van der Waals surface area contributed by atoms with Crippen molar-refractivity contribution in [1.29, 1.82) is 0 Å². The Morgan fingerprint density at radius 2 is 2.11 bits per heavy atom. The van der Waals surface area contributed by atoms with Crippen molar-refractivity contribution in [1.82, 2.24) is 5.43 Å². The van der Waals surface area contributed by atoms with Gasteiger partial charge in [0.05, 0.1) is 4.88 Å². The van der Waals surface area contributed by atoms with E-state index in [1.165, 1.54) is 21.8 Å². The van der Waals surface area contributed by atoms with E-state index < -0.39 is 0 Å². The number of nitrogens with two attached hydrogens (primary N) is 1. The van der Waals surface area contributed by atoms with Crippen LogP contribution in [0.25, 0.3) is 0 Å². The van der Waals surface area contributed by atoms with Crippen LogP contribution in [0.1, 0.15) is 20.1 Å². The molecular formula is C13H13BrN2OS2. The van der Waals surface area contributed by atoms with E-state index in [0.29, 0.717) is 4.88 Å². The molecule has 0 saturated carbocycles. The Morgan fingerprint density at radius 1 is 1.42 bits per heavy atom. The van der Waals surface area contributed by atoms with Crippen LogP contribution >= 0.6 is 39.0 Å². The second-order valence-corrected chi connectivity index (χ2v) is 7.13. The Balaban J connectivity index is 2.05. The third-order valence-corrected chi connectivity index (χ3v) is 5.26. The van der Waals surface area contributed by atoms with Crippen LogP contribution in [0.15, 0.2) is 39.7 Å². The van der Waals surface area contributed by atoms with Crippen molar-refractivity contribution >= 4 is 44.9 Å². The summed E-state index contributed by atoms with van der Waals surface area (Å²) in [6.07, 6.45) is 0. The molecule has 100 valence electrons. The molecule has 0 radical (unpaired) electrons. The van der Waals surface area contributed by atoms with E-state index in [1.807, 2.05) is 25.1 Å². The zero-order chi connectivity index (χ0) is 13.8. The highest BCUT2D eigenvalue weighted by molar-refractivity contribution is 9.10. The number of carbonyl (C=O) groups is 1.